The summed E-state index contributed by atoms with van der Waals surface area (Å²) in [4.78, 5) is 42.0. The lowest BCUT2D eigenvalue weighted by atomic mass is 10.1. The van der Waals surface area contributed by atoms with Gasteiger partial charge in [0.1, 0.15) is 6.04 Å². The van der Waals surface area contributed by atoms with Gasteiger partial charge in [0, 0.05) is 50.2 Å². The van der Waals surface area contributed by atoms with Crippen molar-refractivity contribution >= 4 is 28.7 Å². The van der Waals surface area contributed by atoms with Crippen LogP contribution in [0.5, 0.6) is 0 Å². The Hall–Kier alpha value is -3.59. The number of amides is 2. The van der Waals surface area contributed by atoms with E-state index in [-0.39, 0.29) is 5.91 Å². The van der Waals surface area contributed by atoms with E-state index >= 15 is 0 Å². The van der Waals surface area contributed by atoms with Crippen LogP contribution in [-0.2, 0) is 4.79 Å². The summed E-state index contributed by atoms with van der Waals surface area (Å²) in [5.74, 6) is -0.101. The highest BCUT2D eigenvalue weighted by atomic mass is 16.3. The van der Waals surface area contributed by atoms with Crippen LogP contribution in [0, 0.1) is 0 Å². The smallest absolute Gasteiger partial charge is 0.252 e. The molecule has 30 heavy (non-hydrogen) atoms. The number of nitrogens with zero attached hydrogens (tertiary/aromatic N) is 5. The first-order chi connectivity index (χ1) is 14.7. The molecule has 4 rings (SSSR count). The summed E-state index contributed by atoms with van der Waals surface area (Å²) < 4.78 is 0. The minimum Gasteiger partial charge on any atom is -0.394 e. The van der Waals surface area contributed by atoms with E-state index in [1.807, 2.05) is 23.1 Å². The molecule has 9 nitrogen and oxygen atoms in total. The number of hydrogen-bond donors (Lipinski definition) is 2. The van der Waals surface area contributed by atoms with Gasteiger partial charge < -0.3 is 20.2 Å². The zero-order valence-corrected chi connectivity index (χ0v) is 16.3. The van der Waals surface area contributed by atoms with Crippen LogP contribution in [0.15, 0.2) is 55.0 Å². The van der Waals surface area contributed by atoms with E-state index in [9.17, 15) is 14.7 Å². The van der Waals surface area contributed by atoms with Crippen LogP contribution in [-0.4, -0.2) is 75.6 Å². The van der Waals surface area contributed by atoms with Gasteiger partial charge in [0.05, 0.1) is 17.7 Å². The van der Waals surface area contributed by atoms with Gasteiger partial charge >= 0.3 is 0 Å². The molecule has 9 heteroatoms. The third kappa shape index (κ3) is 4.06. The van der Waals surface area contributed by atoms with Crippen molar-refractivity contribution in [2.24, 2.45) is 0 Å². The molecule has 3 aromatic rings. The number of piperazine rings is 1. The molecule has 1 unspecified atom stereocenters. The number of anilines is 1. The van der Waals surface area contributed by atoms with Crippen molar-refractivity contribution in [2.75, 3.05) is 37.7 Å². The van der Waals surface area contributed by atoms with Crippen LogP contribution < -0.4 is 10.2 Å². The summed E-state index contributed by atoms with van der Waals surface area (Å²) >= 11 is 0. The van der Waals surface area contributed by atoms with Gasteiger partial charge in [-0.05, 0) is 18.2 Å². The minimum absolute atomic E-state index is 0.308. The number of aliphatic hydroxyl groups excluding tert-OH is 1. The lowest BCUT2D eigenvalue weighted by molar-refractivity contribution is -0.134. The highest BCUT2D eigenvalue weighted by molar-refractivity contribution is 6.07. The predicted octanol–water partition coefficient (Wildman–Crippen LogP) is 0.464. The van der Waals surface area contributed by atoms with Crippen molar-refractivity contribution in [3.63, 3.8) is 0 Å². The number of pyridine rings is 1. The van der Waals surface area contributed by atoms with E-state index in [0.717, 1.165) is 0 Å². The van der Waals surface area contributed by atoms with Crippen LogP contribution in [0.25, 0.3) is 10.9 Å². The van der Waals surface area contributed by atoms with Crippen LogP contribution in [0.3, 0.4) is 0 Å². The maximum Gasteiger partial charge on any atom is 0.252 e. The first-order valence-electron chi connectivity index (χ1n) is 9.73. The quantitative estimate of drug-likeness (QED) is 0.633. The van der Waals surface area contributed by atoms with E-state index in [1.54, 1.807) is 41.7 Å². The van der Waals surface area contributed by atoms with Crippen molar-refractivity contribution in [3.05, 3.63) is 60.6 Å². The first-order valence-corrected chi connectivity index (χ1v) is 9.73. The Balaban J connectivity index is 1.41. The number of fused-ring (bicyclic) bond motifs is 1. The Morgan fingerprint density at radius 3 is 2.43 bits per heavy atom. The number of para-hydroxylation sites is 1. The Labute approximate surface area is 173 Å². The molecule has 2 N–H and O–H groups in total. The average molecular weight is 406 g/mol. The molecule has 1 saturated heterocycles. The summed E-state index contributed by atoms with van der Waals surface area (Å²) in [6, 6.07) is 9.64. The molecule has 0 aliphatic carbocycles. The van der Waals surface area contributed by atoms with Crippen LogP contribution in [0.1, 0.15) is 10.4 Å². The maximum absolute atomic E-state index is 12.9. The second-order valence-electron chi connectivity index (χ2n) is 6.95. The Bertz CT molecular complexity index is 1030. The summed E-state index contributed by atoms with van der Waals surface area (Å²) in [5, 5.41) is 13.1. The normalized spacial score (nSPS) is 15.1. The molecule has 1 fully saturated rings. The molecule has 1 atom stereocenters. The molecule has 154 valence electrons. The molecule has 2 amide bonds. The van der Waals surface area contributed by atoms with Gasteiger partial charge in [-0.2, -0.15) is 0 Å². The Morgan fingerprint density at radius 2 is 1.70 bits per heavy atom. The number of carbonyl (C=O) groups is 2. The molecular weight excluding hydrogens is 384 g/mol. The van der Waals surface area contributed by atoms with E-state index in [0.29, 0.717) is 48.6 Å². The monoisotopic (exact) mass is 406 g/mol. The highest BCUT2D eigenvalue weighted by Gasteiger charge is 2.29. The van der Waals surface area contributed by atoms with Crippen molar-refractivity contribution in [1.29, 1.82) is 0 Å². The molecule has 1 aliphatic rings. The van der Waals surface area contributed by atoms with Crippen molar-refractivity contribution in [1.82, 2.24) is 25.2 Å². The fourth-order valence-electron chi connectivity index (χ4n) is 3.52. The third-order valence-corrected chi connectivity index (χ3v) is 5.11. The molecule has 2 aromatic heterocycles. The fourth-order valence-corrected chi connectivity index (χ4v) is 3.52. The molecule has 0 spiro atoms. The Kier molecular flexibility index (Phi) is 5.80. The predicted molar refractivity (Wildman–Crippen MR) is 111 cm³/mol. The summed E-state index contributed by atoms with van der Waals surface area (Å²) in [6.07, 6.45) is 4.91. The van der Waals surface area contributed by atoms with Gasteiger partial charge in [0.25, 0.3) is 5.91 Å². The number of aliphatic hydroxyl groups is 1. The standard InChI is InChI=1S/C21H22N6O3/c28-14-18(25-19(29)16-6-9-22-17-5-2-1-4-15(16)17)20(30)26-10-12-27(13-11-26)21-23-7-3-8-24-21/h1-9,18,28H,10-14H2,(H,25,29). The number of aromatic nitrogens is 3. The molecule has 1 aliphatic heterocycles. The van der Waals surface area contributed by atoms with Crippen molar-refractivity contribution < 1.29 is 14.7 Å². The van der Waals surface area contributed by atoms with Crippen molar-refractivity contribution in [3.8, 4) is 0 Å². The Morgan fingerprint density at radius 1 is 0.967 bits per heavy atom. The summed E-state index contributed by atoms with van der Waals surface area (Å²) in [5.41, 5.74) is 1.11. The van der Waals surface area contributed by atoms with Gasteiger partial charge in [-0.25, -0.2) is 9.97 Å². The number of rotatable bonds is 5. The van der Waals surface area contributed by atoms with Crippen LogP contribution in [0.4, 0.5) is 5.95 Å². The highest BCUT2D eigenvalue weighted by Crippen LogP contribution is 2.16. The SMILES string of the molecule is O=C(NC(CO)C(=O)N1CCN(c2ncccn2)CC1)c1ccnc2ccccc12. The molecule has 0 saturated carbocycles. The van der Waals surface area contributed by atoms with Gasteiger partial charge in [0.15, 0.2) is 0 Å². The van der Waals surface area contributed by atoms with Crippen LogP contribution in [0.2, 0.25) is 0 Å². The van der Waals surface area contributed by atoms with Crippen molar-refractivity contribution in [2.45, 2.75) is 6.04 Å². The maximum atomic E-state index is 12.9. The molecular formula is C21H22N6O3. The molecule has 0 radical (unpaired) electrons. The van der Waals surface area contributed by atoms with E-state index in [4.69, 9.17) is 0 Å². The fraction of sp³-hybridized carbons (Fsp3) is 0.286. The number of carbonyl (C=O) groups excluding carboxylic acids is 2. The zero-order valence-electron chi connectivity index (χ0n) is 16.3. The van der Waals surface area contributed by atoms with E-state index in [1.165, 1.54) is 0 Å². The summed E-state index contributed by atoms with van der Waals surface area (Å²) in [7, 11) is 0. The lowest BCUT2D eigenvalue weighted by Crippen LogP contribution is -2.56. The van der Waals surface area contributed by atoms with Gasteiger partial charge in [-0.15, -0.1) is 0 Å². The second-order valence-corrected chi connectivity index (χ2v) is 6.95. The first kappa shape index (κ1) is 19.7. The molecule has 3 heterocycles. The molecule has 0 bridgehead atoms. The zero-order chi connectivity index (χ0) is 20.9. The minimum atomic E-state index is -1.01. The van der Waals surface area contributed by atoms with Gasteiger partial charge in [-0.1, -0.05) is 18.2 Å². The average Bonchev–Trinajstić information content (AvgIpc) is 2.82. The van der Waals surface area contributed by atoms with E-state index in [2.05, 4.69) is 20.3 Å². The summed E-state index contributed by atoms with van der Waals surface area (Å²) in [6.45, 7) is 1.60. The van der Waals surface area contributed by atoms with Crippen LogP contribution >= 0.6 is 0 Å². The number of nitrogens with one attached hydrogen (secondary N) is 1. The molecule has 1 aromatic carbocycles. The third-order valence-electron chi connectivity index (χ3n) is 5.11. The lowest BCUT2D eigenvalue weighted by Gasteiger charge is -2.36. The van der Waals surface area contributed by atoms with Gasteiger partial charge in [0.2, 0.25) is 11.9 Å². The van der Waals surface area contributed by atoms with Gasteiger partial charge in [-0.3, -0.25) is 14.6 Å². The number of benzene rings is 1. The topological polar surface area (TPSA) is 112 Å². The largest absolute Gasteiger partial charge is 0.394 e. The number of hydrogen-bond acceptors (Lipinski definition) is 7. The van der Waals surface area contributed by atoms with E-state index < -0.39 is 18.6 Å². The second kappa shape index (κ2) is 8.83.